The minimum atomic E-state index is -1.15. The van der Waals surface area contributed by atoms with Crippen LogP contribution in [0.25, 0.3) is 0 Å². The van der Waals surface area contributed by atoms with E-state index in [-0.39, 0.29) is 24.3 Å². The zero-order valence-electron chi connectivity index (χ0n) is 18.7. The standard InChI is InChI=1S/C26H25N3O4/c1-17-9-7-8-12-20(17)28-23(30)16-29-21-15-18(24(31)27-19-10-5-4-6-11-19)13-14-22(21)33-26(2,3)25(29)32/h4-15H,16H2,1-3H3,(H,27,31)(H,28,30). The molecule has 7 nitrogen and oxygen atoms in total. The first kappa shape index (κ1) is 22.1. The number of fused-ring (bicyclic) bond motifs is 1. The number of amides is 3. The monoisotopic (exact) mass is 443 g/mol. The van der Waals surface area contributed by atoms with Crippen LogP contribution < -0.4 is 20.3 Å². The van der Waals surface area contributed by atoms with Crippen molar-refractivity contribution in [2.45, 2.75) is 26.4 Å². The first-order valence-electron chi connectivity index (χ1n) is 10.6. The number of aryl methyl sites for hydroxylation is 1. The molecule has 0 saturated carbocycles. The van der Waals surface area contributed by atoms with Crippen LogP contribution in [0.4, 0.5) is 17.1 Å². The summed E-state index contributed by atoms with van der Waals surface area (Å²) in [7, 11) is 0. The molecule has 0 unspecified atom stereocenters. The predicted octanol–water partition coefficient (Wildman–Crippen LogP) is 4.39. The molecule has 3 aromatic rings. The van der Waals surface area contributed by atoms with Crippen molar-refractivity contribution < 1.29 is 19.1 Å². The summed E-state index contributed by atoms with van der Waals surface area (Å²) in [5.74, 6) is -0.610. The van der Waals surface area contributed by atoms with Gasteiger partial charge in [-0.05, 0) is 62.7 Å². The second-order valence-corrected chi connectivity index (χ2v) is 8.37. The molecule has 0 saturated heterocycles. The van der Waals surface area contributed by atoms with E-state index in [2.05, 4.69) is 10.6 Å². The summed E-state index contributed by atoms with van der Waals surface area (Å²) < 4.78 is 5.88. The van der Waals surface area contributed by atoms with E-state index in [4.69, 9.17) is 4.74 Å². The topological polar surface area (TPSA) is 87.7 Å². The molecule has 1 aliphatic rings. The van der Waals surface area contributed by atoms with E-state index in [1.54, 1.807) is 50.2 Å². The zero-order chi connectivity index (χ0) is 23.6. The fourth-order valence-corrected chi connectivity index (χ4v) is 3.64. The van der Waals surface area contributed by atoms with Crippen LogP contribution in [0, 0.1) is 6.92 Å². The summed E-state index contributed by atoms with van der Waals surface area (Å²) in [5, 5.41) is 5.68. The van der Waals surface area contributed by atoms with Gasteiger partial charge in [-0.3, -0.25) is 19.3 Å². The lowest BCUT2D eigenvalue weighted by Gasteiger charge is -2.38. The molecule has 0 bridgehead atoms. The Hall–Kier alpha value is -4.13. The number of ether oxygens (including phenoxy) is 1. The summed E-state index contributed by atoms with van der Waals surface area (Å²) in [6.07, 6.45) is 0. The van der Waals surface area contributed by atoms with Crippen LogP contribution in [0.2, 0.25) is 0 Å². The van der Waals surface area contributed by atoms with Crippen LogP contribution in [0.3, 0.4) is 0 Å². The van der Waals surface area contributed by atoms with E-state index >= 15 is 0 Å². The van der Waals surface area contributed by atoms with Crippen molar-refractivity contribution in [2.24, 2.45) is 0 Å². The third-order valence-corrected chi connectivity index (χ3v) is 5.39. The van der Waals surface area contributed by atoms with Gasteiger partial charge in [0.25, 0.3) is 11.8 Å². The molecule has 2 N–H and O–H groups in total. The van der Waals surface area contributed by atoms with Gasteiger partial charge in [0.1, 0.15) is 12.3 Å². The number of carbonyl (C=O) groups excluding carboxylic acids is 3. The van der Waals surface area contributed by atoms with E-state index < -0.39 is 5.60 Å². The van der Waals surface area contributed by atoms with Crippen molar-refractivity contribution in [3.05, 3.63) is 83.9 Å². The van der Waals surface area contributed by atoms with Gasteiger partial charge in [0.2, 0.25) is 5.91 Å². The number of anilines is 3. The number of hydrogen-bond acceptors (Lipinski definition) is 4. The number of hydrogen-bond donors (Lipinski definition) is 2. The maximum atomic E-state index is 13.2. The number of benzene rings is 3. The molecule has 4 rings (SSSR count). The lowest BCUT2D eigenvalue weighted by atomic mass is 10.0. The highest BCUT2D eigenvalue weighted by Crippen LogP contribution is 2.38. The van der Waals surface area contributed by atoms with E-state index in [0.29, 0.717) is 28.4 Å². The quantitative estimate of drug-likeness (QED) is 0.612. The molecule has 0 aromatic heterocycles. The first-order chi connectivity index (χ1) is 15.7. The van der Waals surface area contributed by atoms with E-state index in [9.17, 15) is 14.4 Å². The minimum Gasteiger partial charge on any atom is -0.476 e. The number of carbonyl (C=O) groups is 3. The Morgan fingerprint density at radius 3 is 2.36 bits per heavy atom. The summed E-state index contributed by atoms with van der Waals surface area (Å²) in [5.41, 5.74) is 1.82. The van der Waals surface area contributed by atoms with Crippen LogP contribution in [-0.4, -0.2) is 29.9 Å². The molecule has 0 spiro atoms. The number of nitrogens with one attached hydrogen (secondary N) is 2. The predicted molar refractivity (Wildman–Crippen MR) is 128 cm³/mol. The Bertz CT molecular complexity index is 1220. The van der Waals surface area contributed by atoms with E-state index in [1.165, 1.54) is 4.90 Å². The molecule has 3 amide bonds. The molecule has 0 aliphatic carbocycles. The van der Waals surface area contributed by atoms with Crippen molar-refractivity contribution in [2.75, 3.05) is 22.1 Å². The lowest BCUT2D eigenvalue weighted by molar-refractivity contribution is -0.133. The van der Waals surface area contributed by atoms with Crippen LogP contribution >= 0.6 is 0 Å². The summed E-state index contributed by atoms with van der Waals surface area (Å²) in [4.78, 5) is 40.1. The Morgan fingerprint density at radius 2 is 1.64 bits per heavy atom. The van der Waals surface area contributed by atoms with Crippen molar-refractivity contribution in [1.29, 1.82) is 0 Å². The number of para-hydroxylation sites is 2. The van der Waals surface area contributed by atoms with E-state index in [0.717, 1.165) is 5.56 Å². The third-order valence-electron chi connectivity index (χ3n) is 5.39. The Kier molecular flexibility index (Phi) is 5.87. The fraction of sp³-hybridized carbons (Fsp3) is 0.192. The van der Waals surface area contributed by atoms with Crippen LogP contribution in [-0.2, 0) is 9.59 Å². The molecule has 3 aromatic carbocycles. The summed E-state index contributed by atoms with van der Waals surface area (Å²) >= 11 is 0. The van der Waals surface area contributed by atoms with Gasteiger partial charge in [-0.1, -0.05) is 36.4 Å². The van der Waals surface area contributed by atoms with Gasteiger partial charge < -0.3 is 15.4 Å². The number of nitrogens with zero attached hydrogens (tertiary/aromatic N) is 1. The number of rotatable bonds is 5. The van der Waals surface area contributed by atoms with Gasteiger partial charge in [-0.25, -0.2) is 0 Å². The van der Waals surface area contributed by atoms with Crippen molar-refractivity contribution in [3.8, 4) is 5.75 Å². The smallest absolute Gasteiger partial charge is 0.271 e. The van der Waals surface area contributed by atoms with Crippen LogP contribution in [0.1, 0.15) is 29.8 Å². The molecule has 0 fully saturated rings. The van der Waals surface area contributed by atoms with Gasteiger partial charge in [0.15, 0.2) is 5.60 Å². The van der Waals surface area contributed by atoms with E-state index in [1.807, 2.05) is 43.3 Å². The average molecular weight is 444 g/mol. The van der Waals surface area contributed by atoms with Crippen LogP contribution in [0.15, 0.2) is 72.8 Å². The lowest BCUT2D eigenvalue weighted by Crippen LogP contribution is -2.54. The molecule has 0 atom stereocenters. The second-order valence-electron chi connectivity index (χ2n) is 8.37. The Labute approximate surface area is 192 Å². The van der Waals surface area contributed by atoms with Gasteiger partial charge in [-0.15, -0.1) is 0 Å². The second kappa shape index (κ2) is 8.78. The van der Waals surface area contributed by atoms with Crippen LogP contribution in [0.5, 0.6) is 5.75 Å². The zero-order valence-corrected chi connectivity index (χ0v) is 18.7. The van der Waals surface area contributed by atoms with Gasteiger partial charge >= 0.3 is 0 Å². The molecular weight excluding hydrogens is 418 g/mol. The maximum Gasteiger partial charge on any atom is 0.271 e. The molecule has 1 heterocycles. The summed E-state index contributed by atoms with van der Waals surface area (Å²) in [6, 6.07) is 21.4. The first-order valence-corrected chi connectivity index (χ1v) is 10.6. The van der Waals surface area contributed by atoms with Gasteiger partial charge in [0, 0.05) is 16.9 Å². The molecule has 0 radical (unpaired) electrons. The highest BCUT2D eigenvalue weighted by molar-refractivity contribution is 6.10. The summed E-state index contributed by atoms with van der Waals surface area (Å²) in [6.45, 7) is 4.99. The third kappa shape index (κ3) is 4.72. The molecular formula is C26H25N3O4. The average Bonchev–Trinajstić information content (AvgIpc) is 2.78. The molecule has 168 valence electrons. The van der Waals surface area contributed by atoms with Gasteiger partial charge in [0.05, 0.1) is 5.69 Å². The highest BCUT2D eigenvalue weighted by atomic mass is 16.5. The Morgan fingerprint density at radius 1 is 0.939 bits per heavy atom. The molecule has 1 aliphatic heterocycles. The Balaban J connectivity index is 1.61. The SMILES string of the molecule is Cc1ccccc1NC(=O)CN1C(=O)C(C)(C)Oc2ccc(C(=O)Nc3ccccc3)cc21. The molecule has 7 heteroatoms. The fourth-order valence-electron chi connectivity index (χ4n) is 3.64. The molecule has 33 heavy (non-hydrogen) atoms. The minimum absolute atomic E-state index is 0.212. The van der Waals surface area contributed by atoms with Crippen molar-refractivity contribution in [3.63, 3.8) is 0 Å². The normalized spacial score (nSPS) is 14.2. The maximum absolute atomic E-state index is 13.2. The largest absolute Gasteiger partial charge is 0.476 e. The van der Waals surface area contributed by atoms with Crippen molar-refractivity contribution in [1.82, 2.24) is 0 Å². The highest BCUT2D eigenvalue weighted by Gasteiger charge is 2.41. The van der Waals surface area contributed by atoms with Crippen molar-refractivity contribution >= 4 is 34.8 Å². The van der Waals surface area contributed by atoms with Gasteiger partial charge in [-0.2, -0.15) is 0 Å².